The van der Waals surface area contributed by atoms with Crippen LogP contribution in [-0.2, 0) is 34.4 Å². The maximum Gasteiger partial charge on any atom is 0.472 e. The van der Waals surface area contributed by atoms with Crippen molar-refractivity contribution >= 4 is 19.2 Å². The van der Waals surface area contributed by atoms with Gasteiger partial charge in [0.15, 0.2) is 5.82 Å². The van der Waals surface area contributed by atoms with Crippen molar-refractivity contribution in [2.75, 3.05) is 39.3 Å². The zero-order valence-electron chi connectivity index (χ0n) is 33.5. The molecule has 0 saturated carbocycles. The third-order valence-corrected chi connectivity index (χ3v) is 10.8. The molecule has 0 aliphatic rings. The minimum Gasteiger partial charge on any atom is -0.386 e. The number of aliphatic hydroxyl groups is 2. The summed E-state index contributed by atoms with van der Waals surface area (Å²) in [5.41, 5.74) is 4.88. The van der Waals surface area contributed by atoms with Gasteiger partial charge in [-0.15, -0.1) is 0 Å². The van der Waals surface area contributed by atoms with Crippen LogP contribution >= 0.6 is 7.82 Å². The number of nitriles is 2. The van der Waals surface area contributed by atoms with E-state index in [2.05, 4.69) is 22.0 Å². The monoisotopic (exact) mass is 815 g/mol. The summed E-state index contributed by atoms with van der Waals surface area (Å²) in [7, 11) is -3.80. The Balaban J connectivity index is 1.43. The number of nitrogen functional groups attached to an aromatic ring is 1. The SMILES string of the molecule is CCCCCCCCCCCCCCCCCCOC[C@@H](COP(=O)(O)OC[C@@](C#N)(OC)[C@@H](O)[C@@H](O)c1ccc2c(N)ncnn12)OCc1ccc(C#N)cn1. The second-order valence-corrected chi connectivity index (χ2v) is 15.7. The number of rotatable bonds is 32. The number of nitrogens with two attached hydrogens (primary N) is 1. The summed E-state index contributed by atoms with van der Waals surface area (Å²) in [4.78, 5) is 18.7. The smallest absolute Gasteiger partial charge is 0.386 e. The molecule has 316 valence electrons. The average Bonchev–Trinajstić information content (AvgIpc) is 3.67. The van der Waals surface area contributed by atoms with Crippen molar-refractivity contribution < 1.29 is 42.9 Å². The number of nitrogens with zero attached hydrogens (tertiary/aromatic N) is 6. The molecule has 5 N–H and O–H groups in total. The summed E-state index contributed by atoms with van der Waals surface area (Å²) in [6.07, 6.45) is 18.3. The second-order valence-electron chi connectivity index (χ2n) is 14.3. The highest BCUT2D eigenvalue weighted by molar-refractivity contribution is 7.47. The lowest BCUT2D eigenvalue weighted by Gasteiger charge is -2.33. The van der Waals surface area contributed by atoms with Crippen molar-refractivity contribution in [1.29, 1.82) is 10.5 Å². The van der Waals surface area contributed by atoms with E-state index in [-0.39, 0.29) is 24.7 Å². The Bertz CT molecular complexity index is 1700. The van der Waals surface area contributed by atoms with Crippen LogP contribution in [0.5, 0.6) is 0 Å². The molecular formula is C40H62N7O9P. The summed E-state index contributed by atoms with van der Waals surface area (Å²) in [6.45, 7) is 1.38. The van der Waals surface area contributed by atoms with Crippen LogP contribution in [0, 0.1) is 22.7 Å². The molecule has 3 heterocycles. The third-order valence-electron chi connectivity index (χ3n) is 9.88. The predicted molar refractivity (Wildman–Crippen MR) is 213 cm³/mol. The first kappa shape index (κ1) is 47.8. The predicted octanol–water partition coefficient (Wildman–Crippen LogP) is 6.88. The number of methoxy groups -OCH3 is 1. The van der Waals surface area contributed by atoms with Gasteiger partial charge in [0.1, 0.15) is 48.9 Å². The van der Waals surface area contributed by atoms with E-state index < -0.39 is 44.9 Å². The Labute approximate surface area is 336 Å². The van der Waals surface area contributed by atoms with E-state index in [9.17, 15) is 24.9 Å². The standard InChI is InChI=1S/C40H62N7O9P/c1-3-4-5-6-7-8-9-10-11-12-13-14-15-16-17-18-23-53-27-34(54-26-33-20-19-32(24-41)25-44-33)28-55-57(50,51)56-30-40(29-42,52-2)38(49)37(48)35-21-22-36-39(43)45-31-46-47(35)36/h19-22,25,31,34,37-38,48-49H,3-18,23,26-28,30H2,1-2H3,(H,50,51)(H2,43,45,46)/t34-,37-,38-,40+/m0/s1. The molecule has 0 fully saturated rings. The maximum atomic E-state index is 13.0. The molecule has 0 bridgehead atoms. The van der Waals surface area contributed by atoms with Gasteiger partial charge in [0, 0.05) is 19.9 Å². The van der Waals surface area contributed by atoms with Crippen molar-refractivity contribution in [2.24, 2.45) is 0 Å². The summed E-state index contributed by atoms with van der Waals surface area (Å²) in [5, 5.41) is 45.2. The van der Waals surface area contributed by atoms with Gasteiger partial charge in [0.2, 0.25) is 5.60 Å². The lowest BCUT2D eigenvalue weighted by molar-refractivity contribution is -0.134. The number of phosphoric acid groups is 1. The van der Waals surface area contributed by atoms with Gasteiger partial charge in [-0.05, 0) is 30.7 Å². The Morgan fingerprint density at radius 3 is 2.07 bits per heavy atom. The first-order chi connectivity index (χ1) is 27.6. The number of hydrogen-bond acceptors (Lipinski definition) is 14. The minimum atomic E-state index is -4.88. The lowest BCUT2D eigenvalue weighted by Crippen LogP contribution is -2.50. The summed E-state index contributed by atoms with van der Waals surface area (Å²) < 4.78 is 41.7. The molecule has 5 atom stereocenters. The van der Waals surface area contributed by atoms with Gasteiger partial charge in [0.05, 0.1) is 36.8 Å². The Morgan fingerprint density at radius 1 is 0.877 bits per heavy atom. The fourth-order valence-corrected chi connectivity index (χ4v) is 7.09. The number of fused-ring (bicyclic) bond motifs is 1. The Kier molecular flexibility index (Phi) is 22.2. The number of unbranched alkanes of at least 4 members (excludes halogenated alkanes) is 15. The molecule has 0 aliphatic heterocycles. The maximum absolute atomic E-state index is 13.0. The van der Waals surface area contributed by atoms with Crippen LogP contribution in [0.4, 0.5) is 5.82 Å². The first-order valence-corrected chi connectivity index (χ1v) is 21.7. The number of aliphatic hydroxyl groups excluding tert-OH is 2. The lowest BCUT2D eigenvalue weighted by atomic mass is 9.93. The van der Waals surface area contributed by atoms with Gasteiger partial charge in [-0.3, -0.25) is 14.0 Å². The largest absolute Gasteiger partial charge is 0.472 e. The van der Waals surface area contributed by atoms with E-state index in [4.69, 9.17) is 34.3 Å². The van der Waals surface area contributed by atoms with Crippen molar-refractivity contribution in [3.8, 4) is 12.1 Å². The Hall–Kier alpha value is -3.54. The van der Waals surface area contributed by atoms with Crippen molar-refractivity contribution in [2.45, 2.75) is 140 Å². The van der Waals surface area contributed by atoms with E-state index in [1.165, 1.54) is 106 Å². The number of ether oxygens (including phenoxy) is 3. The molecule has 17 heteroatoms. The number of phosphoric ester groups is 1. The third kappa shape index (κ3) is 16.7. The Morgan fingerprint density at radius 2 is 1.51 bits per heavy atom. The second kappa shape index (κ2) is 26.5. The van der Waals surface area contributed by atoms with Crippen LogP contribution in [0.15, 0.2) is 36.8 Å². The quantitative estimate of drug-likeness (QED) is 0.0371. The highest BCUT2D eigenvalue weighted by atomic mass is 31.2. The van der Waals surface area contributed by atoms with Gasteiger partial charge in [0.25, 0.3) is 0 Å². The number of aromatic nitrogens is 4. The molecule has 0 aliphatic carbocycles. The molecule has 3 rings (SSSR count). The summed E-state index contributed by atoms with van der Waals surface area (Å²) in [5.74, 6) is 0.124. The normalized spacial score (nSPS) is 15.4. The van der Waals surface area contributed by atoms with E-state index in [0.29, 0.717) is 23.4 Å². The molecule has 0 amide bonds. The van der Waals surface area contributed by atoms with E-state index in [1.807, 2.05) is 6.07 Å². The molecule has 3 aromatic heterocycles. The fourth-order valence-electron chi connectivity index (χ4n) is 6.31. The summed E-state index contributed by atoms with van der Waals surface area (Å²) in [6, 6.07) is 9.95. The van der Waals surface area contributed by atoms with Crippen molar-refractivity contribution in [3.63, 3.8) is 0 Å². The fraction of sp³-hybridized carbons (Fsp3) is 0.675. The van der Waals surface area contributed by atoms with Crippen LogP contribution < -0.4 is 5.73 Å². The van der Waals surface area contributed by atoms with E-state index >= 15 is 0 Å². The zero-order chi connectivity index (χ0) is 41.4. The zero-order valence-corrected chi connectivity index (χ0v) is 34.4. The topological polar surface area (TPSA) is 241 Å². The van der Waals surface area contributed by atoms with Crippen molar-refractivity contribution in [3.05, 3.63) is 53.7 Å². The van der Waals surface area contributed by atoms with Gasteiger partial charge in [-0.25, -0.2) is 14.1 Å². The van der Waals surface area contributed by atoms with E-state index in [0.717, 1.165) is 32.7 Å². The van der Waals surface area contributed by atoms with Gasteiger partial charge < -0.3 is 35.1 Å². The molecule has 16 nitrogen and oxygen atoms in total. The van der Waals surface area contributed by atoms with Gasteiger partial charge >= 0.3 is 7.82 Å². The minimum absolute atomic E-state index is 0.00895. The molecule has 0 spiro atoms. The van der Waals surface area contributed by atoms with Crippen molar-refractivity contribution in [1.82, 2.24) is 19.6 Å². The number of hydrogen-bond donors (Lipinski definition) is 4. The van der Waals surface area contributed by atoms with Crippen LogP contribution in [-0.4, -0.2) is 86.0 Å². The molecular weight excluding hydrogens is 753 g/mol. The molecule has 57 heavy (non-hydrogen) atoms. The highest BCUT2D eigenvalue weighted by Gasteiger charge is 2.46. The number of anilines is 1. The molecule has 0 saturated heterocycles. The van der Waals surface area contributed by atoms with Crippen LogP contribution in [0.2, 0.25) is 0 Å². The number of pyridine rings is 1. The molecule has 3 aromatic rings. The van der Waals surface area contributed by atoms with E-state index in [1.54, 1.807) is 18.2 Å². The molecule has 0 radical (unpaired) electrons. The summed E-state index contributed by atoms with van der Waals surface area (Å²) >= 11 is 0. The van der Waals surface area contributed by atoms with Gasteiger partial charge in [-0.2, -0.15) is 15.6 Å². The highest BCUT2D eigenvalue weighted by Crippen LogP contribution is 2.45. The molecule has 0 aromatic carbocycles. The van der Waals surface area contributed by atoms with Gasteiger partial charge in [-0.1, -0.05) is 103 Å². The first-order valence-electron chi connectivity index (χ1n) is 20.2. The van der Waals surface area contributed by atoms with Crippen LogP contribution in [0.3, 0.4) is 0 Å². The van der Waals surface area contributed by atoms with Crippen LogP contribution in [0.1, 0.15) is 133 Å². The molecule has 1 unspecified atom stereocenters. The van der Waals surface area contributed by atoms with Crippen LogP contribution in [0.25, 0.3) is 5.52 Å². The average molecular weight is 816 g/mol.